The van der Waals surface area contributed by atoms with Gasteiger partial charge in [-0.05, 0) is 75.3 Å². The Balaban J connectivity index is 0. The van der Waals surface area contributed by atoms with Crippen molar-refractivity contribution in [2.45, 2.75) is 73.1 Å². The summed E-state index contributed by atoms with van der Waals surface area (Å²) in [5.41, 5.74) is 13.3. The summed E-state index contributed by atoms with van der Waals surface area (Å²) < 4.78 is 0. The SMILES string of the molecule is CC.CCC.CCN.NCCCNCC(CCc1ccccc1)CCc1ccccc1. The van der Waals surface area contributed by atoms with Crippen molar-refractivity contribution in [3.8, 4) is 0 Å². The fourth-order valence-corrected chi connectivity index (χ4v) is 2.91. The van der Waals surface area contributed by atoms with Crippen molar-refractivity contribution < 1.29 is 0 Å². The van der Waals surface area contributed by atoms with E-state index in [1.54, 1.807) is 0 Å². The maximum absolute atomic E-state index is 5.57. The molecule has 2 rings (SSSR count). The van der Waals surface area contributed by atoms with Crippen molar-refractivity contribution in [2.75, 3.05) is 26.2 Å². The summed E-state index contributed by atoms with van der Waals surface area (Å²) in [5.74, 6) is 0.716. The van der Waals surface area contributed by atoms with Gasteiger partial charge in [0.15, 0.2) is 0 Å². The lowest BCUT2D eigenvalue weighted by Gasteiger charge is -2.18. The number of nitrogens with two attached hydrogens (primary N) is 2. The second-order valence-electron chi connectivity index (χ2n) is 7.38. The summed E-state index contributed by atoms with van der Waals surface area (Å²) >= 11 is 0. The van der Waals surface area contributed by atoms with Gasteiger partial charge < -0.3 is 16.8 Å². The monoisotopic (exact) mass is 429 g/mol. The predicted octanol–water partition coefficient (Wildman–Crippen LogP) is 6.21. The molecule has 2 aromatic rings. The minimum absolute atomic E-state index is 0.716. The normalized spacial score (nSPS) is 9.55. The molecule has 0 bridgehead atoms. The van der Waals surface area contributed by atoms with E-state index in [0.29, 0.717) is 5.92 Å². The predicted molar refractivity (Wildman–Crippen MR) is 142 cm³/mol. The highest BCUT2D eigenvalue weighted by molar-refractivity contribution is 5.16. The van der Waals surface area contributed by atoms with E-state index in [1.165, 1.54) is 43.2 Å². The smallest absolute Gasteiger partial charge is 0.00203 e. The zero-order valence-electron chi connectivity index (χ0n) is 21.1. The van der Waals surface area contributed by atoms with Crippen molar-refractivity contribution >= 4 is 0 Å². The van der Waals surface area contributed by atoms with Gasteiger partial charge in [0.1, 0.15) is 0 Å². The highest BCUT2D eigenvalue weighted by Gasteiger charge is 2.09. The Hall–Kier alpha value is -1.68. The average Bonchev–Trinajstić information content (AvgIpc) is 2.82. The van der Waals surface area contributed by atoms with Crippen molar-refractivity contribution in [1.82, 2.24) is 5.32 Å². The molecule has 0 saturated carbocycles. The van der Waals surface area contributed by atoms with E-state index in [1.807, 2.05) is 20.8 Å². The molecule has 0 amide bonds. The number of aryl methyl sites for hydroxylation is 2. The fourth-order valence-electron chi connectivity index (χ4n) is 2.91. The maximum atomic E-state index is 5.57. The molecular weight excluding hydrogens is 378 g/mol. The number of hydrogen-bond acceptors (Lipinski definition) is 3. The van der Waals surface area contributed by atoms with Gasteiger partial charge in [-0.3, -0.25) is 0 Å². The molecule has 178 valence electrons. The first-order valence-electron chi connectivity index (χ1n) is 12.4. The number of hydrogen-bond donors (Lipinski definition) is 3. The van der Waals surface area contributed by atoms with Crippen LogP contribution in [0.1, 0.15) is 71.4 Å². The van der Waals surface area contributed by atoms with Crippen molar-refractivity contribution in [3.05, 3.63) is 71.8 Å². The molecule has 0 aromatic heterocycles. The molecule has 2 aromatic carbocycles. The Morgan fingerprint density at radius 2 is 1.13 bits per heavy atom. The van der Waals surface area contributed by atoms with Crippen LogP contribution in [-0.4, -0.2) is 26.2 Å². The molecule has 31 heavy (non-hydrogen) atoms. The van der Waals surface area contributed by atoms with Crippen LogP contribution < -0.4 is 16.8 Å². The summed E-state index contributed by atoms with van der Waals surface area (Å²) in [6, 6.07) is 21.6. The molecule has 0 radical (unpaired) electrons. The van der Waals surface area contributed by atoms with E-state index < -0.39 is 0 Å². The molecule has 0 aliphatic rings. The Morgan fingerprint density at radius 3 is 1.48 bits per heavy atom. The molecule has 0 spiro atoms. The first-order valence-corrected chi connectivity index (χ1v) is 12.4. The molecule has 0 fully saturated rings. The van der Waals surface area contributed by atoms with E-state index in [2.05, 4.69) is 79.8 Å². The fraction of sp³-hybridized carbons (Fsp3) is 0.571. The zero-order chi connectivity index (χ0) is 23.6. The summed E-state index contributed by atoms with van der Waals surface area (Å²) in [6.45, 7) is 13.8. The van der Waals surface area contributed by atoms with Crippen molar-refractivity contribution in [1.29, 1.82) is 0 Å². The molecule has 0 aliphatic carbocycles. The molecule has 3 heteroatoms. The Kier molecular flexibility index (Phi) is 26.8. The second-order valence-corrected chi connectivity index (χ2v) is 7.38. The third-order valence-electron chi connectivity index (χ3n) is 4.36. The van der Waals surface area contributed by atoms with Crippen LogP contribution in [-0.2, 0) is 12.8 Å². The largest absolute Gasteiger partial charge is 0.331 e. The minimum atomic E-state index is 0.716. The molecule has 0 aliphatic heterocycles. The van der Waals surface area contributed by atoms with Crippen molar-refractivity contribution in [3.63, 3.8) is 0 Å². The third kappa shape index (κ3) is 21.3. The minimum Gasteiger partial charge on any atom is -0.331 e. The van der Waals surface area contributed by atoms with E-state index >= 15 is 0 Å². The first-order chi connectivity index (χ1) is 15.2. The van der Waals surface area contributed by atoms with E-state index in [0.717, 1.165) is 32.6 Å². The Bertz CT molecular complexity index is 497. The standard InChI is InChI=1S/C21H30N2.C3H8.C2H7N.C2H6/c22-16-7-17-23-18-21(14-12-19-8-3-1-4-9-19)15-13-20-10-5-2-6-11-20;1-3-2;1-2-3;1-2/h1-6,8-11,21,23H,7,12-18,22H2;3H2,1-2H3;2-3H2,1H3;1-2H3. The number of nitrogens with one attached hydrogen (secondary N) is 1. The van der Waals surface area contributed by atoms with Gasteiger partial charge in [0.25, 0.3) is 0 Å². The van der Waals surface area contributed by atoms with Gasteiger partial charge in [-0.15, -0.1) is 0 Å². The quantitative estimate of drug-likeness (QED) is 0.372. The van der Waals surface area contributed by atoms with E-state index in [4.69, 9.17) is 11.5 Å². The van der Waals surface area contributed by atoms with Gasteiger partial charge >= 0.3 is 0 Å². The van der Waals surface area contributed by atoms with Gasteiger partial charge in [-0.2, -0.15) is 0 Å². The Labute approximate surface area is 194 Å². The number of benzene rings is 2. The van der Waals surface area contributed by atoms with Crippen LogP contribution >= 0.6 is 0 Å². The van der Waals surface area contributed by atoms with Gasteiger partial charge in [0.05, 0.1) is 0 Å². The summed E-state index contributed by atoms with van der Waals surface area (Å²) in [7, 11) is 0. The van der Waals surface area contributed by atoms with Gasteiger partial charge in [0.2, 0.25) is 0 Å². The zero-order valence-corrected chi connectivity index (χ0v) is 21.1. The maximum Gasteiger partial charge on any atom is -0.00203 e. The lowest BCUT2D eigenvalue weighted by Crippen LogP contribution is -2.26. The summed E-state index contributed by atoms with van der Waals surface area (Å²) in [4.78, 5) is 0. The van der Waals surface area contributed by atoms with Crippen LogP contribution in [0.3, 0.4) is 0 Å². The molecule has 0 saturated heterocycles. The molecular formula is C28H51N3. The molecule has 5 N–H and O–H groups in total. The number of rotatable bonds is 11. The molecule has 0 heterocycles. The van der Waals surface area contributed by atoms with Gasteiger partial charge in [-0.1, -0.05) is 102 Å². The van der Waals surface area contributed by atoms with Crippen LogP contribution in [0.5, 0.6) is 0 Å². The lowest BCUT2D eigenvalue weighted by atomic mass is 9.93. The van der Waals surface area contributed by atoms with Crippen LogP contribution in [0.15, 0.2) is 60.7 Å². The molecule has 0 atom stereocenters. The van der Waals surface area contributed by atoms with Gasteiger partial charge in [-0.25, -0.2) is 0 Å². The summed E-state index contributed by atoms with van der Waals surface area (Å²) in [6.07, 6.45) is 7.13. The van der Waals surface area contributed by atoms with E-state index in [-0.39, 0.29) is 0 Å². The average molecular weight is 430 g/mol. The van der Waals surface area contributed by atoms with E-state index in [9.17, 15) is 0 Å². The Morgan fingerprint density at radius 1 is 0.742 bits per heavy atom. The highest BCUT2D eigenvalue weighted by Crippen LogP contribution is 2.16. The molecule has 3 nitrogen and oxygen atoms in total. The van der Waals surface area contributed by atoms with Crippen LogP contribution in [0.4, 0.5) is 0 Å². The van der Waals surface area contributed by atoms with Gasteiger partial charge in [0, 0.05) is 0 Å². The topological polar surface area (TPSA) is 64.1 Å². The highest BCUT2D eigenvalue weighted by atomic mass is 14.9. The van der Waals surface area contributed by atoms with Crippen LogP contribution in [0.2, 0.25) is 0 Å². The second kappa shape index (κ2) is 26.4. The van der Waals surface area contributed by atoms with Crippen LogP contribution in [0.25, 0.3) is 0 Å². The third-order valence-corrected chi connectivity index (χ3v) is 4.36. The molecule has 0 unspecified atom stereocenters. The van der Waals surface area contributed by atoms with Crippen LogP contribution in [0, 0.1) is 5.92 Å². The first kappa shape index (κ1) is 31.5. The summed E-state index contributed by atoms with van der Waals surface area (Å²) in [5, 5.41) is 3.58. The van der Waals surface area contributed by atoms with Crippen molar-refractivity contribution in [2.24, 2.45) is 17.4 Å². The lowest BCUT2D eigenvalue weighted by molar-refractivity contribution is 0.417.